The number of ketones is 1. The molecule has 0 saturated heterocycles. The van der Waals surface area contributed by atoms with Crippen LogP contribution in [-0.2, 0) is 4.79 Å². The lowest BCUT2D eigenvalue weighted by Gasteiger charge is -2.33. The summed E-state index contributed by atoms with van der Waals surface area (Å²) >= 11 is 0. The molecule has 17 heavy (non-hydrogen) atoms. The van der Waals surface area contributed by atoms with Gasteiger partial charge < -0.3 is 5.11 Å². The molecule has 5 heteroatoms. The van der Waals surface area contributed by atoms with Crippen LogP contribution in [0.15, 0.2) is 0 Å². The molecule has 0 spiro atoms. The molecule has 0 heterocycles. The number of rotatable bonds is 4. The molecule has 1 N–H and O–H groups in total. The molecular weight excluding hydrogens is 233 g/mol. The average molecular weight is 252 g/mol. The van der Waals surface area contributed by atoms with Crippen molar-refractivity contribution >= 4 is 5.78 Å². The lowest BCUT2D eigenvalue weighted by atomic mass is 9.76. The molecule has 0 aliphatic heterocycles. The lowest BCUT2D eigenvalue weighted by molar-refractivity contribution is -0.146. The molecular formula is C12H19F3O2. The molecule has 0 atom stereocenters. The minimum Gasteiger partial charge on any atom is -0.382 e. The highest BCUT2D eigenvalue weighted by Gasteiger charge is 2.38. The molecule has 1 aliphatic rings. The van der Waals surface area contributed by atoms with E-state index >= 15 is 0 Å². The zero-order valence-corrected chi connectivity index (χ0v) is 10.0. The summed E-state index contributed by atoms with van der Waals surface area (Å²) in [5.74, 6) is 0.0619. The first kappa shape index (κ1) is 14.5. The molecule has 1 aliphatic carbocycles. The van der Waals surface area contributed by atoms with Crippen LogP contribution in [0, 0.1) is 5.92 Å². The van der Waals surface area contributed by atoms with Gasteiger partial charge in [0, 0.05) is 12.8 Å². The van der Waals surface area contributed by atoms with Crippen LogP contribution >= 0.6 is 0 Å². The Morgan fingerprint density at radius 3 is 2.35 bits per heavy atom. The maximum atomic E-state index is 11.9. The molecule has 0 aromatic heterocycles. The Labute approximate surface area is 99.2 Å². The summed E-state index contributed by atoms with van der Waals surface area (Å²) in [5.41, 5.74) is -1.36. The van der Waals surface area contributed by atoms with E-state index in [0.717, 1.165) is 12.8 Å². The summed E-state index contributed by atoms with van der Waals surface area (Å²) in [4.78, 5) is 11.7. The zero-order chi connectivity index (χ0) is 13.1. The third kappa shape index (κ3) is 4.66. The van der Waals surface area contributed by atoms with Crippen LogP contribution in [0.4, 0.5) is 13.2 Å². The second kappa shape index (κ2) is 5.38. The van der Waals surface area contributed by atoms with E-state index in [2.05, 4.69) is 0 Å². The summed E-state index contributed by atoms with van der Waals surface area (Å²) in [6.45, 7) is 2.05. The summed E-state index contributed by atoms with van der Waals surface area (Å²) in [5, 5.41) is 10.1. The van der Waals surface area contributed by atoms with E-state index < -0.39 is 24.0 Å². The van der Waals surface area contributed by atoms with Crippen molar-refractivity contribution in [3.8, 4) is 0 Å². The largest absolute Gasteiger partial charge is 0.389 e. The predicted octanol–water partition coefficient (Wildman–Crippen LogP) is 3.23. The maximum Gasteiger partial charge on any atom is 0.389 e. The van der Waals surface area contributed by atoms with E-state index in [1.807, 2.05) is 6.92 Å². The van der Waals surface area contributed by atoms with Gasteiger partial charge in [0.1, 0.15) is 5.60 Å². The molecule has 1 saturated carbocycles. The van der Waals surface area contributed by atoms with Gasteiger partial charge >= 0.3 is 6.18 Å². The van der Waals surface area contributed by atoms with Crippen molar-refractivity contribution in [1.29, 1.82) is 0 Å². The molecule has 0 aromatic carbocycles. The fourth-order valence-corrected chi connectivity index (χ4v) is 2.20. The second-order valence-electron chi connectivity index (χ2n) is 5.11. The molecule has 0 unspecified atom stereocenters. The van der Waals surface area contributed by atoms with E-state index in [-0.39, 0.29) is 12.8 Å². The molecule has 1 rings (SSSR count). The van der Waals surface area contributed by atoms with Gasteiger partial charge in [0.25, 0.3) is 0 Å². The number of hydrogen-bond acceptors (Lipinski definition) is 2. The molecule has 0 radical (unpaired) electrons. The molecule has 0 aromatic rings. The van der Waals surface area contributed by atoms with Gasteiger partial charge in [-0.1, -0.05) is 6.92 Å². The Kier molecular flexibility index (Phi) is 4.58. The van der Waals surface area contributed by atoms with Crippen LogP contribution in [0.2, 0.25) is 0 Å². The topological polar surface area (TPSA) is 37.3 Å². The predicted molar refractivity (Wildman–Crippen MR) is 57.5 cm³/mol. The Morgan fingerprint density at radius 1 is 1.35 bits per heavy atom. The number of Topliss-reactive ketones (excluding diaryl/α,β-unsaturated/α-hetero) is 1. The highest BCUT2D eigenvalue weighted by molar-refractivity contribution is 5.87. The highest BCUT2D eigenvalue weighted by atomic mass is 19.4. The van der Waals surface area contributed by atoms with Crippen LogP contribution in [0.3, 0.4) is 0 Å². The Morgan fingerprint density at radius 2 is 1.88 bits per heavy atom. The van der Waals surface area contributed by atoms with Crippen LogP contribution in [0.1, 0.15) is 51.9 Å². The highest BCUT2D eigenvalue weighted by Crippen LogP contribution is 2.34. The first-order chi connectivity index (χ1) is 7.73. The van der Waals surface area contributed by atoms with Crippen molar-refractivity contribution in [2.24, 2.45) is 5.92 Å². The van der Waals surface area contributed by atoms with Crippen molar-refractivity contribution in [2.75, 3.05) is 0 Å². The fourth-order valence-electron chi connectivity index (χ4n) is 2.20. The van der Waals surface area contributed by atoms with Gasteiger partial charge in [0.05, 0.1) is 0 Å². The maximum absolute atomic E-state index is 11.9. The SMILES string of the molecule is CC1CCC(O)(C(=O)CCCC(F)(F)F)CC1. The van der Waals surface area contributed by atoms with Crippen molar-refractivity contribution in [2.45, 2.75) is 63.6 Å². The summed E-state index contributed by atoms with van der Waals surface area (Å²) in [6.07, 6.45) is -3.26. The van der Waals surface area contributed by atoms with E-state index in [4.69, 9.17) is 0 Å². The van der Waals surface area contributed by atoms with Gasteiger partial charge in [0.15, 0.2) is 5.78 Å². The quantitative estimate of drug-likeness (QED) is 0.834. The van der Waals surface area contributed by atoms with Crippen molar-refractivity contribution in [3.63, 3.8) is 0 Å². The number of hydrogen-bond donors (Lipinski definition) is 1. The lowest BCUT2D eigenvalue weighted by Crippen LogP contribution is -2.41. The number of alkyl halides is 3. The minimum absolute atomic E-state index is 0.176. The Balaban J connectivity index is 2.37. The zero-order valence-electron chi connectivity index (χ0n) is 10.0. The normalized spacial score (nSPS) is 30.3. The number of halogens is 3. The summed E-state index contributed by atoms with van der Waals surface area (Å²) in [7, 11) is 0. The van der Waals surface area contributed by atoms with Crippen LogP contribution in [0.5, 0.6) is 0 Å². The Bertz CT molecular complexity index is 265. The molecule has 1 fully saturated rings. The van der Waals surface area contributed by atoms with Gasteiger partial charge in [-0.2, -0.15) is 13.2 Å². The number of carbonyl (C=O) groups excluding carboxylic acids is 1. The van der Waals surface area contributed by atoms with E-state index in [0.29, 0.717) is 18.8 Å². The van der Waals surface area contributed by atoms with Crippen LogP contribution in [0.25, 0.3) is 0 Å². The van der Waals surface area contributed by atoms with Gasteiger partial charge in [-0.3, -0.25) is 4.79 Å². The third-order valence-corrected chi connectivity index (χ3v) is 3.48. The first-order valence-corrected chi connectivity index (χ1v) is 6.05. The summed E-state index contributed by atoms with van der Waals surface area (Å²) < 4.78 is 35.8. The van der Waals surface area contributed by atoms with Crippen LogP contribution < -0.4 is 0 Å². The summed E-state index contributed by atoms with van der Waals surface area (Å²) in [6, 6.07) is 0. The van der Waals surface area contributed by atoms with E-state index in [1.54, 1.807) is 0 Å². The van der Waals surface area contributed by atoms with Gasteiger partial charge in [-0.15, -0.1) is 0 Å². The van der Waals surface area contributed by atoms with Crippen molar-refractivity contribution in [1.82, 2.24) is 0 Å². The fraction of sp³-hybridized carbons (Fsp3) is 0.917. The minimum atomic E-state index is -4.22. The van der Waals surface area contributed by atoms with Gasteiger partial charge in [0.2, 0.25) is 0 Å². The second-order valence-corrected chi connectivity index (χ2v) is 5.11. The van der Waals surface area contributed by atoms with Gasteiger partial charge in [-0.05, 0) is 38.0 Å². The number of carbonyl (C=O) groups is 1. The first-order valence-electron chi connectivity index (χ1n) is 6.05. The number of aliphatic hydroxyl groups is 1. The Hall–Kier alpha value is -0.580. The molecule has 0 amide bonds. The standard InChI is InChI=1S/C12H19F3O2/c1-9-4-7-11(17,8-5-9)10(16)3-2-6-12(13,14)15/h9,17H,2-8H2,1H3. The van der Waals surface area contributed by atoms with Crippen LogP contribution in [-0.4, -0.2) is 22.7 Å². The van der Waals surface area contributed by atoms with Crippen molar-refractivity contribution < 1.29 is 23.1 Å². The third-order valence-electron chi connectivity index (χ3n) is 3.48. The van der Waals surface area contributed by atoms with Crippen molar-refractivity contribution in [3.05, 3.63) is 0 Å². The molecule has 100 valence electrons. The smallest absolute Gasteiger partial charge is 0.382 e. The van der Waals surface area contributed by atoms with E-state index in [1.165, 1.54) is 0 Å². The average Bonchev–Trinajstić information content (AvgIpc) is 2.21. The monoisotopic (exact) mass is 252 g/mol. The van der Waals surface area contributed by atoms with Gasteiger partial charge in [-0.25, -0.2) is 0 Å². The molecule has 0 bridgehead atoms. The van der Waals surface area contributed by atoms with E-state index in [9.17, 15) is 23.1 Å². The molecule has 2 nitrogen and oxygen atoms in total.